The first-order valence-corrected chi connectivity index (χ1v) is 15.9. The third kappa shape index (κ3) is 6.08. The lowest BCUT2D eigenvalue weighted by Crippen LogP contribution is -2.56. The van der Waals surface area contributed by atoms with Gasteiger partial charge in [0.1, 0.15) is 17.1 Å². The van der Waals surface area contributed by atoms with Gasteiger partial charge in [0.2, 0.25) is 11.8 Å². The molecule has 2 atom stereocenters. The van der Waals surface area contributed by atoms with E-state index in [1.54, 1.807) is 42.9 Å². The minimum atomic E-state index is -1.07. The molecule has 11 nitrogen and oxygen atoms in total. The van der Waals surface area contributed by atoms with Crippen molar-refractivity contribution in [1.82, 2.24) is 34.9 Å². The molecule has 2 saturated heterocycles. The molecule has 2 aliphatic heterocycles. The quantitative estimate of drug-likeness (QED) is 0.253. The summed E-state index contributed by atoms with van der Waals surface area (Å²) in [6, 6.07) is 17.2. The minimum absolute atomic E-state index is 0.0126. The molecule has 0 radical (unpaired) electrons. The van der Waals surface area contributed by atoms with E-state index in [9.17, 15) is 14.0 Å². The Labute approximate surface area is 277 Å². The first-order valence-electron chi connectivity index (χ1n) is 15.9. The molecule has 0 saturated carbocycles. The monoisotopic (exact) mass is 643 g/mol. The number of pyridine rings is 1. The molecule has 242 valence electrons. The Balaban J connectivity index is 0.959. The fourth-order valence-corrected chi connectivity index (χ4v) is 6.53. The number of H-pyrrole nitrogens is 1. The number of anilines is 2. The van der Waals surface area contributed by atoms with Gasteiger partial charge in [-0.3, -0.25) is 19.6 Å². The Kier molecular flexibility index (Phi) is 8.29. The highest BCUT2D eigenvalue weighted by Crippen LogP contribution is 2.33. The number of carbonyl (C=O) groups is 2. The van der Waals surface area contributed by atoms with Gasteiger partial charge < -0.3 is 15.1 Å². The topological polar surface area (TPSA) is 123 Å². The van der Waals surface area contributed by atoms with Crippen molar-refractivity contribution < 1.29 is 14.0 Å². The van der Waals surface area contributed by atoms with Crippen molar-refractivity contribution in [1.29, 1.82) is 0 Å². The van der Waals surface area contributed by atoms with Crippen LogP contribution in [0.1, 0.15) is 13.3 Å². The highest BCUT2D eigenvalue weighted by atomic mass is 19.1. The number of likely N-dealkylation sites (tertiary alicyclic amines) is 1. The maximum Gasteiger partial charge on any atom is 0.244 e. The summed E-state index contributed by atoms with van der Waals surface area (Å²) in [5, 5.41) is 11.2. The maximum absolute atomic E-state index is 13.6. The van der Waals surface area contributed by atoms with Gasteiger partial charge in [0.15, 0.2) is 5.82 Å². The lowest BCUT2D eigenvalue weighted by Gasteiger charge is -2.41. The number of halogens is 1. The average Bonchev–Trinajstić information content (AvgIpc) is 3.74. The smallest absolute Gasteiger partial charge is 0.244 e. The predicted octanol–water partition coefficient (Wildman–Crippen LogP) is 4.22. The second-order valence-corrected chi connectivity index (χ2v) is 12.3. The van der Waals surface area contributed by atoms with Crippen LogP contribution in [0.3, 0.4) is 0 Å². The second-order valence-electron chi connectivity index (χ2n) is 12.3. The summed E-state index contributed by atoms with van der Waals surface area (Å²) in [6.07, 6.45) is 11.6. The summed E-state index contributed by atoms with van der Waals surface area (Å²) in [5.74, 6) is 3.62. The summed E-state index contributed by atoms with van der Waals surface area (Å²) in [4.78, 5) is 46.4. The molecule has 2 fully saturated rings. The number of hydrogen-bond acceptors (Lipinski definition) is 8. The van der Waals surface area contributed by atoms with E-state index in [2.05, 4.69) is 41.3 Å². The number of amides is 2. The number of benzene rings is 2. The van der Waals surface area contributed by atoms with Crippen LogP contribution in [-0.4, -0.2) is 92.1 Å². The number of rotatable bonds is 7. The summed E-state index contributed by atoms with van der Waals surface area (Å²) in [7, 11) is 0. The van der Waals surface area contributed by atoms with Crippen LogP contribution in [-0.2, 0) is 9.59 Å². The number of aromatic amines is 1. The van der Waals surface area contributed by atoms with Gasteiger partial charge in [-0.2, -0.15) is 5.10 Å². The molecule has 12 heteroatoms. The fraction of sp³-hybridized carbons (Fsp3) is 0.278. The number of nitrogens with one attached hydrogen (secondary N) is 2. The Hall–Kier alpha value is -5.67. The predicted molar refractivity (Wildman–Crippen MR) is 181 cm³/mol. The van der Waals surface area contributed by atoms with Crippen LogP contribution in [0.4, 0.5) is 15.9 Å². The molecule has 0 spiro atoms. The number of terminal acetylenes is 1. The second kappa shape index (κ2) is 12.8. The minimum Gasteiger partial charge on any atom is -0.353 e. The van der Waals surface area contributed by atoms with Crippen LogP contribution in [0.2, 0.25) is 0 Å². The molecule has 2 amide bonds. The van der Waals surface area contributed by atoms with E-state index in [0.717, 1.165) is 27.8 Å². The Morgan fingerprint density at radius 3 is 2.56 bits per heavy atom. The first-order chi connectivity index (χ1) is 23.3. The van der Waals surface area contributed by atoms with Crippen LogP contribution in [0.25, 0.3) is 33.5 Å². The van der Waals surface area contributed by atoms with Crippen molar-refractivity contribution in [2.45, 2.75) is 19.4 Å². The van der Waals surface area contributed by atoms with Crippen molar-refractivity contribution in [3.05, 3.63) is 85.1 Å². The van der Waals surface area contributed by atoms with Crippen LogP contribution < -0.4 is 10.2 Å². The molecule has 5 heterocycles. The van der Waals surface area contributed by atoms with E-state index >= 15 is 0 Å². The van der Waals surface area contributed by atoms with E-state index in [1.165, 1.54) is 12.1 Å². The molecule has 0 bridgehead atoms. The third-order valence-corrected chi connectivity index (χ3v) is 9.20. The van der Waals surface area contributed by atoms with E-state index in [-0.39, 0.29) is 36.8 Å². The zero-order valence-corrected chi connectivity index (χ0v) is 26.4. The van der Waals surface area contributed by atoms with Crippen LogP contribution in [0, 0.1) is 23.6 Å². The van der Waals surface area contributed by atoms with E-state index in [1.807, 2.05) is 41.0 Å². The fourth-order valence-electron chi connectivity index (χ4n) is 6.53. The normalized spacial score (nSPS) is 19.7. The standard InChI is InChI=1S/C36H34FN9O2/c1-3-36(35(48)41-28-10-11-30-29(19-28)33(43-42-30)25-5-8-27(37)9-6-25)13-16-44(23-36)22-32(47)46-18-17-45(21-24(46)2)31-12-7-26(20-40-31)34-38-14-4-15-39-34/h1,4-12,14-15,19-20,24H,13,16-18,21-23H2,2H3,(H,41,48)(H,42,43). The molecular formula is C36H34FN9O2. The molecule has 2 unspecified atom stereocenters. The largest absolute Gasteiger partial charge is 0.353 e. The molecule has 0 aliphatic carbocycles. The highest BCUT2D eigenvalue weighted by Gasteiger charge is 2.44. The summed E-state index contributed by atoms with van der Waals surface area (Å²) >= 11 is 0. The van der Waals surface area contributed by atoms with E-state index in [0.29, 0.717) is 49.8 Å². The molecule has 3 aromatic heterocycles. The lowest BCUT2D eigenvalue weighted by molar-refractivity contribution is -0.135. The number of fused-ring (bicyclic) bond motifs is 1. The molecular weight excluding hydrogens is 609 g/mol. The van der Waals surface area contributed by atoms with E-state index in [4.69, 9.17) is 6.42 Å². The Morgan fingerprint density at radius 2 is 1.83 bits per heavy atom. The Morgan fingerprint density at radius 1 is 1.04 bits per heavy atom. The zero-order valence-electron chi connectivity index (χ0n) is 26.4. The van der Waals surface area contributed by atoms with Crippen molar-refractivity contribution in [3.8, 4) is 35.0 Å². The van der Waals surface area contributed by atoms with Gasteiger partial charge in [0, 0.05) is 79.6 Å². The van der Waals surface area contributed by atoms with Crippen molar-refractivity contribution in [2.75, 3.05) is 49.5 Å². The number of hydrogen-bond donors (Lipinski definition) is 2. The van der Waals surface area contributed by atoms with Crippen LogP contribution in [0.15, 0.2) is 79.3 Å². The number of aromatic nitrogens is 5. The molecule has 2 aromatic carbocycles. The van der Waals surface area contributed by atoms with Gasteiger partial charge >= 0.3 is 0 Å². The number of carbonyl (C=O) groups excluding carboxylic acids is 2. The van der Waals surface area contributed by atoms with Gasteiger partial charge in [-0.05, 0) is 74.0 Å². The summed E-state index contributed by atoms with van der Waals surface area (Å²) < 4.78 is 13.5. The molecule has 5 aromatic rings. The summed E-state index contributed by atoms with van der Waals surface area (Å²) in [6.45, 7) is 4.92. The SMILES string of the molecule is C#CC1(C(=O)Nc2ccc3[nH]nc(-c4ccc(F)cc4)c3c2)CCN(CC(=O)N2CCN(c3ccc(-c4ncccn4)cn3)CC2C)C1. The van der Waals surface area contributed by atoms with Gasteiger partial charge in [-0.25, -0.2) is 19.3 Å². The number of piperazine rings is 1. The van der Waals surface area contributed by atoms with Crippen molar-refractivity contribution in [2.24, 2.45) is 5.41 Å². The number of nitrogens with zero attached hydrogens (tertiary/aromatic N) is 7. The zero-order chi connectivity index (χ0) is 33.3. The molecule has 2 N–H and O–H groups in total. The summed E-state index contributed by atoms with van der Waals surface area (Å²) in [5.41, 5.74) is 2.54. The molecule has 7 rings (SSSR count). The molecule has 2 aliphatic rings. The van der Waals surface area contributed by atoms with E-state index < -0.39 is 5.41 Å². The van der Waals surface area contributed by atoms with Gasteiger partial charge in [0.05, 0.1) is 17.8 Å². The highest BCUT2D eigenvalue weighted by molar-refractivity contribution is 6.01. The first kappa shape index (κ1) is 31.0. The van der Waals surface area contributed by atoms with Crippen molar-refractivity contribution in [3.63, 3.8) is 0 Å². The van der Waals surface area contributed by atoms with Gasteiger partial charge in [-0.1, -0.05) is 5.92 Å². The maximum atomic E-state index is 13.6. The van der Waals surface area contributed by atoms with Gasteiger partial charge in [0.25, 0.3) is 0 Å². The lowest BCUT2D eigenvalue weighted by atomic mass is 9.87. The van der Waals surface area contributed by atoms with Crippen LogP contribution in [0.5, 0.6) is 0 Å². The van der Waals surface area contributed by atoms with Crippen molar-refractivity contribution >= 4 is 34.2 Å². The third-order valence-electron chi connectivity index (χ3n) is 9.20. The average molecular weight is 644 g/mol. The molecule has 48 heavy (non-hydrogen) atoms. The van der Waals surface area contributed by atoms with Crippen LogP contribution >= 0.6 is 0 Å². The Bertz CT molecular complexity index is 1990. The van der Waals surface area contributed by atoms with Gasteiger partial charge in [-0.15, -0.1) is 6.42 Å².